The number of rotatable bonds is 4. The highest BCUT2D eigenvalue weighted by Crippen LogP contribution is 2.13. The molecule has 2 amide bonds. The van der Waals surface area contributed by atoms with Crippen molar-refractivity contribution in [3.05, 3.63) is 0 Å². The topological polar surface area (TPSA) is 65.1 Å². The van der Waals surface area contributed by atoms with Crippen molar-refractivity contribution in [3.63, 3.8) is 0 Å². The first kappa shape index (κ1) is 16.2. The number of nitrogens with one attached hydrogen (secondary N) is 1. The summed E-state index contributed by atoms with van der Waals surface area (Å²) in [6, 6.07) is -0.140. The number of carbonyl (C=O) groups is 2. The third kappa shape index (κ3) is 4.15. The third-order valence-electron chi connectivity index (χ3n) is 4.12. The van der Waals surface area contributed by atoms with E-state index in [9.17, 15) is 9.59 Å². The molecule has 120 valence electrons. The zero-order valence-electron chi connectivity index (χ0n) is 13.2. The Morgan fingerprint density at radius 1 is 1.19 bits per heavy atom. The predicted molar refractivity (Wildman–Crippen MR) is 78.9 cm³/mol. The summed E-state index contributed by atoms with van der Waals surface area (Å²) in [4.78, 5) is 29.9. The molecule has 2 rings (SSSR count). The zero-order valence-corrected chi connectivity index (χ0v) is 13.2. The molecule has 0 saturated carbocycles. The van der Waals surface area contributed by atoms with Crippen LogP contribution in [-0.2, 0) is 14.3 Å². The van der Waals surface area contributed by atoms with Crippen LogP contribution in [0.4, 0.5) is 0 Å². The fourth-order valence-corrected chi connectivity index (χ4v) is 2.84. The highest BCUT2D eigenvalue weighted by molar-refractivity contribution is 5.83. The minimum Gasteiger partial charge on any atom is -0.380 e. The quantitative estimate of drug-likeness (QED) is 0.691. The molecule has 2 fully saturated rings. The zero-order chi connectivity index (χ0) is 15.4. The van der Waals surface area contributed by atoms with E-state index >= 15 is 0 Å². The maximum atomic E-state index is 12.4. The van der Waals surface area contributed by atoms with Gasteiger partial charge in [0, 0.05) is 39.8 Å². The number of amides is 2. The summed E-state index contributed by atoms with van der Waals surface area (Å²) < 4.78 is 5.27. The van der Waals surface area contributed by atoms with Crippen LogP contribution in [-0.4, -0.2) is 99.1 Å². The average molecular weight is 298 g/mol. The van der Waals surface area contributed by atoms with Crippen molar-refractivity contribution in [1.82, 2.24) is 20.0 Å². The molecule has 2 aliphatic heterocycles. The highest BCUT2D eigenvalue weighted by atomic mass is 16.5. The Labute approximate surface area is 126 Å². The Hall–Kier alpha value is -1.18. The Morgan fingerprint density at radius 3 is 2.33 bits per heavy atom. The van der Waals surface area contributed by atoms with Gasteiger partial charge in [0.1, 0.15) is 0 Å². The smallest absolute Gasteiger partial charge is 0.239 e. The van der Waals surface area contributed by atoms with Crippen molar-refractivity contribution < 1.29 is 14.3 Å². The molecule has 7 heteroatoms. The molecule has 0 spiro atoms. The van der Waals surface area contributed by atoms with E-state index in [0.717, 1.165) is 13.0 Å². The number of piperazine rings is 1. The monoisotopic (exact) mass is 298 g/mol. The summed E-state index contributed by atoms with van der Waals surface area (Å²) in [6.45, 7) is 3.64. The molecule has 0 radical (unpaired) electrons. The first-order chi connectivity index (χ1) is 10.0. The number of likely N-dealkylation sites (N-methyl/N-ethyl adjacent to an activating group) is 1. The van der Waals surface area contributed by atoms with Crippen molar-refractivity contribution in [3.8, 4) is 0 Å². The van der Waals surface area contributed by atoms with E-state index in [0.29, 0.717) is 32.7 Å². The van der Waals surface area contributed by atoms with Gasteiger partial charge in [0.05, 0.1) is 18.7 Å². The number of hydrogen-bond acceptors (Lipinski definition) is 5. The van der Waals surface area contributed by atoms with Crippen LogP contribution in [0.2, 0.25) is 0 Å². The van der Waals surface area contributed by atoms with E-state index < -0.39 is 0 Å². The summed E-state index contributed by atoms with van der Waals surface area (Å²) in [7, 11) is 5.44. The Morgan fingerprint density at radius 2 is 1.81 bits per heavy atom. The van der Waals surface area contributed by atoms with Gasteiger partial charge in [-0.25, -0.2) is 0 Å². The molecule has 1 N–H and O–H groups in total. The van der Waals surface area contributed by atoms with Gasteiger partial charge in [0.2, 0.25) is 11.8 Å². The van der Waals surface area contributed by atoms with Crippen molar-refractivity contribution in [1.29, 1.82) is 0 Å². The van der Waals surface area contributed by atoms with Gasteiger partial charge in [-0.2, -0.15) is 0 Å². The first-order valence-corrected chi connectivity index (χ1v) is 7.48. The molecule has 2 heterocycles. The van der Waals surface area contributed by atoms with Gasteiger partial charge in [0.25, 0.3) is 0 Å². The van der Waals surface area contributed by atoms with Crippen molar-refractivity contribution in [2.75, 3.05) is 60.5 Å². The molecule has 7 nitrogen and oxygen atoms in total. The van der Waals surface area contributed by atoms with Crippen molar-refractivity contribution in [2.45, 2.75) is 18.6 Å². The molecule has 2 aliphatic rings. The van der Waals surface area contributed by atoms with Crippen LogP contribution in [0.3, 0.4) is 0 Å². The molecular formula is C14H26N4O3. The Kier molecular flexibility index (Phi) is 5.55. The third-order valence-corrected chi connectivity index (χ3v) is 4.12. The molecule has 2 unspecified atom stereocenters. The standard InChI is InChI=1S/C14H26N4O3/c1-16(2)10-13(19)17-4-6-18(7-5-17)14(20)12-8-11(21-3)9-15-12/h11-12,15H,4-10H2,1-3H3. The van der Waals surface area contributed by atoms with Crippen LogP contribution in [0.5, 0.6) is 0 Å². The molecule has 0 bridgehead atoms. The number of carbonyl (C=O) groups excluding carboxylic acids is 2. The van der Waals surface area contributed by atoms with Gasteiger partial charge < -0.3 is 24.8 Å². The van der Waals surface area contributed by atoms with Gasteiger partial charge in [-0.3, -0.25) is 9.59 Å². The number of ether oxygens (including phenoxy) is 1. The molecule has 0 aliphatic carbocycles. The average Bonchev–Trinajstić information content (AvgIpc) is 2.95. The van der Waals surface area contributed by atoms with E-state index in [2.05, 4.69) is 5.32 Å². The Balaban J connectivity index is 1.78. The van der Waals surface area contributed by atoms with Crippen LogP contribution in [0.15, 0.2) is 0 Å². The number of methoxy groups -OCH3 is 1. The van der Waals surface area contributed by atoms with Crippen molar-refractivity contribution >= 4 is 11.8 Å². The lowest BCUT2D eigenvalue weighted by molar-refractivity contribution is -0.141. The second kappa shape index (κ2) is 7.20. The van der Waals surface area contributed by atoms with Gasteiger partial charge >= 0.3 is 0 Å². The van der Waals surface area contributed by atoms with E-state index in [1.54, 1.807) is 7.11 Å². The SMILES string of the molecule is COC1CNC(C(=O)N2CCN(C(=O)CN(C)C)CC2)C1. The van der Waals surface area contributed by atoms with E-state index in [1.807, 2.05) is 28.8 Å². The summed E-state index contributed by atoms with van der Waals surface area (Å²) in [5, 5.41) is 3.21. The maximum Gasteiger partial charge on any atom is 0.239 e. The Bertz CT molecular complexity index is 380. The van der Waals surface area contributed by atoms with Crippen LogP contribution < -0.4 is 5.32 Å². The fraction of sp³-hybridized carbons (Fsp3) is 0.857. The molecule has 0 aromatic heterocycles. The lowest BCUT2D eigenvalue weighted by Crippen LogP contribution is -2.55. The summed E-state index contributed by atoms with van der Waals surface area (Å²) in [5.41, 5.74) is 0. The van der Waals surface area contributed by atoms with E-state index in [4.69, 9.17) is 4.74 Å². The second-order valence-corrected chi connectivity index (χ2v) is 6.00. The van der Waals surface area contributed by atoms with Crippen LogP contribution in [0, 0.1) is 0 Å². The van der Waals surface area contributed by atoms with E-state index in [1.165, 1.54) is 0 Å². The fourth-order valence-electron chi connectivity index (χ4n) is 2.84. The van der Waals surface area contributed by atoms with Gasteiger partial charge in [-0.15, -0.1) is 0 Å². The van der Waals surface area contributed by atoms with Crippen LogP contribution in [0.25, 0.3) is 0 Å². The number of nitrogens with zero attached hydrogens (tertiary/aromatic N) is 3. The molecule has 0 aromatic carbocycles. The predicted octanol–water partition coefficient (Wildman–Crippen LogP) is -1.40. The van der Waals surface area contributed by atoms with E-state index in [-0.39, 0.29) is 24.0 Å². The van der Waals surface area contributed by atoms with Crippen LogP contribution in [0.1, 0.15) is 6.42 Å². The molecule has 2 saturated heterocycles. The lowest BCUT2D eigenvalue weighted by Gasteiger charge is -2.36. The minimum absolute atomic E-state index is 0.127. The largest absolute Gasteiger partial charge is 0.380 e. The van der Waals surface area contributed by atoms with Gasteiger partial charge in [0.15, 0.2) is 0 Å². The summed E-state index contributed by atoms with van der Waals surface area (Å²) in [5.74, 6) is 0.264. The molecule has 2 atom stereocenters. The number of hydrogen-bond donors (Lipinski definition) is 1. The second-order valence-electron chi connectivity index (χ2n) is 6.00. The highest BCUT2D eigenvalue weighted by Gasteiger charge is 2.34. The first-order valence-electron chi connectivity index (χ1n) is 7.48. The maximum absolute atomic E-state index is 12.4. The summed E-state index contributed by atoms with van der Waals surface area (Å²) >= 11 is 0. The van der Waals surface area contributed by atoms with Gasteiger partial charge in [-0.1, -0.05) is 0 Å². The lowest BCUT2D eigenvalue weighted by atomic mass is 10.1. The van der Waals surface area contributed by atoms with Crippen molar-refractivity contribution in [2.24, 2.45) is 0 Å². The van der Waals surface area contributed by atoms with Crippen LogP contribution >= 0.6 is 0 Å². The molecule has 0 aromatic rings. The minimum atomic E-state index is -0.140. The molecular weight excluding hydrogens is 272 g/mol. The summed E-state index contributed by atoms with van der Waals surface area (Å²) in [6.07, 6.45) is 0.858. The van der Waals surface area contributed by atoms with Gasteiger partial charge in [-0.05, 0) is 20.5 Å². The normalized spacial score (nSPS) is 26.5. The molecule has 21 heavy (non-hydrogen) atoms.